The van der Waals surface area contributed by atoms with Crippen LogP contribution in [0.2, 0.25) is 0 Å². The van der Waals surface area contributed by atoms with Gasteiger partial charge in [0.1, 0.15) is 0 Å². The Balaban J connectivity index is 2.69. The smallest absolute Gasteiger partial charge is 0.187 e. The summed E-state index contributed by atoms with van der Waals surface area (Å²) in [5.74, 6) is 1.48. The van der Waals surface area contributed by atoms with Crippen molar-refractivity contribution in [2.45, 2.75) is 12.1 Å². The number of rotatable bonds is 3. The van der Waals surface area contributed by atoms with Crippen LogP contribution in [0.25, 0.3) is 0 Å². The maximum Gasteiger partial charge on any atom is 0.187 e. The second-order valence-electron chi connectivity index (χ2n) is 2.12. The first-order valence-corrected chi connectivity index (χ1v) is 5.73. The van der Waals surface area contributed by atoms with E-state index in [-0.39, 0.29) is 0 Å². The van der Waals surface area contributed by atoms with Crippen molar-refractivity contribution in [3.63, 3.8) is 0 Å². The summed E-state index contributed by atoms with van der Waals surface area (Å²) in [6, 6.07) is 0. The number of aromatic nitrogens is 2. The zero-order chi connectivity index (χ0) is 8.97. The van der Waals surface area contributed by atoms with Gasteiger partial charge in [-0.25, -0.2) is 9.97 Å². The Bertz CT molecular complexity index is 270. The predicted octanol–water partition coefficient (Wildman–Crippen LogP) is 2.88. The Morgan fingerprint density at radius 2 is 2.42 bits per heavy atom. The van der Waals surface area contributed by atoms with Crippen LogP contribution in [0.1, 0.15) is 5.69 Å². The number of aryl methyl sites for hydroxylation is 1. The van der Waals surface area contributed by atoms with E-state index in [1.54, 1.807) is 18.0 Å². The molecule has 2 nitrogen and oxygen atoms in total. The van der Waals surface area contributed by atoms with E-state index in [1.807, 2.05) is 6.92 Å². The molecule has 0 atom stereocenters. The van der Waals surface area contributed by atoms with E-state index in [1.165, 1.54) is 0 Å². The first-order chi connectivity index (χ1) is 5.74. The predicted molar refractivity (Wildman–Crippen MR) is 55.9 cm³/mol. The second-order valence-corrected chi connectivity index (χ2v) is 4.42. The molecule has 0 aromatic carbocycles. The summed E-state index contributed by atoms with van der Waals surface area (Å²) in [6.07, 6.45) is 1.76. The van der Waals surface area contributed by atoms with Crippen LogP contribution in [0.15, 0.2) is 15.8 Å². The van der Waals surface area contributed by atoms with Gasteiger partial charge in [0.25, 0.3) is 0 Å². The number of hydrogen-bond donors (Lipinski definition) is 0. The molecule has 0 unspecified atom stereocenters. The third-order valence-electron chi connectivity index (χ3n) is 1.21. The van der Waals surface area contributed by atoms with Crippen molar-refractivity contribution in [3.8, 4) is 0 Å². The molecule has 0 bridgehead atoms. The highest BCUT2D eigenvalue weighted by atomic mass is 79.9. The zero-order valence-corrected chi connectivity index (χ0v) is 9.71. The van der Waals surface area contributed by atoms with Gasteiger partial charge >= 0.3 is 0 Å². The number of halogens is 2. The van der Waals surface area contributed by atoms with E-state index in [0.717, 1.165) is 21.1 Å². The molecule has 0 radical (unpaired) electrons. The van der Waals surface area contributed by atoms with Crippen molar-refractivity contribution in [2.24, 2.45) is 0 Å². The molecular formula is C7H8BrClN2S. The first kappa shape index (κ1) is 10.3. The molecule has 1 aromatic rings. The van der Waals surface area contributed by atoms with Gasteiger partial charge in [-0.2, -0.15) is 0 Å². The van der Waals surface area contributed by atoms with Crippen LogP contribution in [0, 0.1) is 6.92 Å². The molecule has 1 heterocycles. The molecule has 1 rings (SSSR count). The molecule has 0 aliphatic rings. The van der Waals surface area contributed by atoms with Crippen LogP contribution >= 0.6 is 39.3 Å². The molecule has 66 valence electrons. The number of alkyl halides is 1. The van der Waals surface area contributed by atoms with E-state index < -0.39 is 0 Å². The van der Waals surface area contributed by atoms with Gasteiger partial charge in [-0.1, -0.05) is 11.8 Å². The Labute approximate surface area is 89.3 Å². The Morgan fingerprint density at radius 1 is 1.67 bits per heavy atom. The van der Waals surface area contributed by atoms with Gasteiger partial charge in [-0.05, 0) is 22.9 Å². The average molecular weight is 268 g/mol. The highest BCUT2D eigenvalue weighted by Crippen LogP contribution is 2.17. The molecule has 0 saturated heterocycles. The van der Waals surface area contributed by atoms with Crippen LogP contribution in [0.4, 0.5) is 0 Å². The first-order valence-electron chi connectivity index (χ1n) is 3.42. The van der Waals surface area contributed by atoms with Gasteiger partial charge in [-0.3, -0.25) is 0 Å². The number of nitrogens with zero attached hydrogens (tertiary/aromatic N) is 2. The number of hydrogen-bond acceptors (Lipinski definition) is 3. The maximum atomic E-state index is 5.54. The standard InChI is InChI=1S/C7H8BrClN2S/c1-5-6(8)4-10-7(11-5)12-3-2-9/h4H,2-3H2,1H3. The summed E-state index contributed by atoms with van der Waals surface area (Å²) >= 11 is 10.4. The minimum Gasteiger partial charge on any atom is -0.230 e. The van der Waals surface area contributed by atoms with E-state index >= 15 is 0 Å². The largest absolute Gasteiger partial charge is 0.230 e. The van der Waals surface area contributed by atoms with Crippen molar-refractivity contribution in [3.05, 3.63) is 16.4 Å². The minimum atomic E-state index is 0.628. The monoisotopic (exact) mass is 266 g/mol. The van der Waals surface area contributed by atoms with Crippen molar-refractivity contribution in [1.82, 2.24) is 9.97 Å². The minimum absolute atomic E-state index is 0.628. The van der Waals surface area contributed by atoms with Crippen molar-refractivity contribution < 1.29 is 0 Å². The molecule has 0 saturated carbocycles. The van der Waals surface area contributed by atoms with Crippen LogP contribution in [-0.2, 0) is 0 Å². The fraction of sp³-hybridized carbons (Fsp3) is 0.429. The van der Waals surface area contributed by atoms with Crippen molar-refractivity contribution >= 4 is 39.3 Å². The quantitative estimate of drug-likeness (QED) is 0.478. The molecule has 0 N–H and O–H groups in total. The molecule has 12 heavy (non-hydrogen) atoms. The highest BCUT2D eigenvalue weighted by Gasteiger charge is 2.00. The van der Waals surface area contributed by atoms with Gasteiger partial charge in [0.05, 0.1) is 10.2 Å². The van der Waals surface area contributed by atoms with E-state index in [9.17, 15) is 0 Å². The summed E-state index contributed by atoms with van der Waals surface area (Å²) in [7, 11) is 0. The lowest BCUT2D eigenvalue weighted by atomic mass is 10.5. The van der Waals surface area contributed by atoms with Gasteiger partial charge in [0.2, 0.25) is 0 Å². The van der Waals surface area contributed by atoms with E-state index in [2.05, 4.69) is 25.9 Å². The normalized spacial score (nSPS) is 10.2. The zero-order valence-electron chi connectivity index (χ0n) is 6.55. The van der Waals surface area contributed by atoms with E-state index in [4.69, 9.17) is 11.6 Å². The van der Waals surface area contributed by atoms with Crippen molar-refractivity contribution in [2.75, 3.05) is 11.6 Å². The molecule has 0 spiro atoms. The fourth-order valence-corrected chi connectivity index (χ4v) is 1.64. The molecule has 5 heteroatoms. The third kappa shape index (κ3) is 2.92. The van der Waals surface area contributed by atoms with Crippen LogP contribution in [-0.4, -0.2) is 21.6 Å². The highest BCUT2D eigenvalue weighted by molar-refractivity contribution is 9.10. The summed E-state index contributed by atoms with van der Waals surface area (Å²) in [5.41, 5.74) is 0.960. The van der Waals surface area contributed by atoms with Crippen LogP contribution in [0.3, 0.4) is 0 Å². The fourth-order valence-electron chi connectivity index (χ4n) is 0.630. The van der Waals surface area contributed by atoms with E-state index in [0.29, 0.717) is 5.88 Å². The molecule has 0 fully saturated rings. The lowest BCUT2D eigenvalue weighted by Crippen LogP contribution is -1.91. The molecule has 1 aromatic heterocycles. The maximum absolute atomic E-state index is 5.54. The Morgan fingerprint density at radius 3 is 3.00 bits per heavy atom. The average Bonchev–Trinajstić information content (AvgIpc) is 2.07. The molecule has 0 aliphatic heterocycles. The van der Waals surface area contributed by atoms with Gasteiger partial charge in [0, 0.05) is 17.8 Å². The summed E-state index contributed by atoms with van der Waals surface area (Å²) < 4.78 is 0.942. The molecular weight excluding hydrogens is 260 g/mol. The summed E-state index contributed by atoms with van der Waals surface area (Å²) in [4.78, 5) is 8.38. The molecule has 0 aliphatic carbocycles. The Hall–Kier alpha value is 0.200. The summed E-state index contributed by atoms with van der Waals surface area (Å²) in [5, 5.41) is 0.788. The SMILES string of the molecule is Cc1nc(SCCCl)ncc1Br. The van der Waals surface area contributed by atoms with Gasteiger partial charge in [-0.15, -0.1) is 11.6 Å². The van der Waals surface area contributed by atoms with Crippen LogP contribution in [0.5, 0.6) is 0 Å². The number of thioether (sulfide) groups is 1. The van der Waals surface area contributed by atoms with Crippen molar-refractivity contribution in [1.29, 1.82) is 0 Å². The summed E-state index contributed by atoms with van der Waals surface area (Å²) in [6.45, 7) is 1.94. The topological polar surface area (TPSA) is 25.8 Å². The van der Waals surface area contributed by atoms with Gasteiger partial charge in [0.15, 0.2) is 5.16 Å². The van der Waals surface area contributed by atoms with Crippen LogP contribution < -0.4 is 0 Å². The van der Waals surface area contributed by atoms with Gasteiger partial charge < -0.3 is 0 Å². The molecule has 0 amide bonds. The second kappa shape index (κ2) is 5.04. The lowest BCUT2D eigenvalue weighted by Gasteiger charge is -1.99. The third-order valence-corrected chi connectivity index (χ3v) is 3.26. The lowest BCUT2D eigenvalue weighted by molar-refractivity contribution is 0.922. The Kier molecular flexibility index (Phi) is 4.32.